The molecule has 0 radical (unpaired) electrons. The lowest BCUT2D eigenvalue weighted by molar-refractivity contribution is -0.124. The Balaban J connectivity index is 1.37. The van der Waals surface area contributed by atoms with Crippen molar-refractivity contribution in [3.8, 4) is 11.8 Å². The largest absolute Gasteiger partial charge is 0.488 e. The van der Waals surface area contributed by atoms with E-state index in [2.05, 4.69) is 30.9 Å². The monoisotopic (exact) mass is 770 g/mol. The highest BCUT2D eigenvalue weighted by atomic mass is 32.2. The van der Waals surface area contributed by atoms with Gasteiger partial charge in [-0.3, -0.25) is 4.79 Å². The molecule has 6 rings (SSSR count). The van der Waals surface area contributed by atoms with Crippen molar-refractivity contribution in [1.82, 2.24) is 34.6 Å². The number of carbonyl (C=O) groups is 2. The predicted molar refractivity (Wildman–Crippen MR) is 206 cm³/mol. The Morgan fingerprint density at radius 2 is 1.82 bits per heavy atom. The molecule has 2 aromatic heterocycles. The summed E-state index contributed by atoms with van der Waals surface area (Å²) in [6.45, 7) is 12.7. The Kier molecular flexibility index (Phi) is 11.4. The van der Waals surface area contributed by atoms with Crippen molar-refractivity contribution in [2.24, 2.45) is 5.41 Å². The molecule has 0 bridgehead atoms. The first-order chi connectivity index (χ1) is 26.2. The van der Waals surface area contributed by atoms with Gasteiger partial charge in [-0.15, -0.1) is 5.10 Å². The second kappa shape index (κ2) is 16.0. The topological polar surface area (TPSA) is 191 Å². The highest BCUT2D eigenvalue weighted by Gasteiger charge is 2.41. The van der Waals surface area contributed by atoms with E-state index in [4.69, 9.17) is 14.6 Å². The van der Waals surface area contributed by atoms with Crippen LogP contribution in [0.3, 0.4) is 0 Å². The summed E-state index contributed by atoms with van der Waals surface area (Å²) < 4.78 is 43.1. The maximum atomic E-state index is 14.4. The van der Waals surface area contributed by atoms with Crippen molar-refractivity contribution < 1.29 is 32.6 Å². The van der Waals surface area contributed by atoms with Gasteiger partial charge in [-0.05, 0) is 73.2 Å². The number of rotatable bonds is 13. The molecule has 0 fully saturated rings. The van der Waals surface area contributed by atoms with Crippen LogP contribution in [0.1, 0.15) is 67.9 Å². The van der Waals surface area contributed by atoms with Crippen LogP contribution in [-0.2, 0) is 27.9 Å². The maximum absolute atomic E-state index is 14.4. The number of aromatic nitrogens is 5. The van der Waals surface area contributed by atoms with Gasteiger partial charge in [0.2, 0.25) is 15.9 Å². The molecule has 5 aromatic rings. The van der Waals surface area contributed by atoms with Crippen LogP contribution in [0.15, 0.2) is 71.9 Å². The third-order valence-electron chi connectivity index (χ3n) is 10.1. The highest BCUT2D eigenvalue weighted by molar-refractivity contribution is 7.89. The van der Waals surface area contributed by atoms with Gasteiger partial charge in [-0.1, -0.05) is 62.4 Å². The fourth-order valence-electron chi connectivity index (χ4n) is 6.93. The number of para-hydroxylation sites is 1. The summed E-state index contributed by atoms with van der Waals surface area (Å²) in [5, 5.41) is 22.8. The van der Waals surface area contributed by atoms with Crippen LogP contribution in [0.2, 0.25) is 0 Å². The van der Waals surface area contributed by atoms with E-state index >= 15 is 0 Å². The molecule has 1 aliphatic rings. The summed E-state index contributed by atoms with van der Waals surface area (Å²) in [7, 11) is -3.90. The zero-order valence-electron chi connectivity index (χ0n) is 31.7. The molecular weight excluding hydrogens is 725 g/mol. The van der Waals surface area contributed by atoms with E-state index in [-0.39, 0.29) is 49.2 Å². The summed E-state index contributed by atoms with van der Waals surface area (Å²) in [6.07, 6.45) is 1.98. The Labute approximate surface area is 320 Å². The lowest BCUT2D eigenvalue weighted by Gasteiger charge is -2.35. The number of carboxylic acid groups (broad SMARTS) is 1. The van der Waals surface area contributed by atoms with Gasteiger partial charge in [0.15, 0.2) is 0 Å². The van der Waals surface area contributed by atoms with Crippen molar-refractivity contribution in [1.29, 1.82) is 0 Å². The van der Waals surface area contributed by atoms with Gasteiger partial charge in [0, 0.05) is 19.0 Å². The SMILES string of the molecule is CC[C@@H]1CN(Cc2cc(C(c3ccc4c(nnn4CC)c3C)C(C)(C)C(=O)Nc3cnc(OCCNC(=O)O)nc3)ccc2C)S(=O)(=O)c2ccccc2O1. The molecular formula is C39H46N8O7S. The molecule has 290 valence electrons. The number of aryl methyl sites for hydroxylation is 3. The number of amides is 2. The second-order valence-corrected chi connectivity index (χ2v) is 16.0. The van der Waals surface area contributed by atoms with Gasteiger partial charge in [-0.2, -0.15) is 4.31 Å². The number of nitrogens with zero attached hydrogens (tertiary/aromatic N) is 6. The highest BCUT2D eigenvalue weighted by Crippen LogP contribution is 2.45. The van der Waals surface area contributed by atoms with E-state index in [0.29, 0.717) is 24.4 Å². The Morgan fingerprint density at radius 3 is 2.53 bits per heavy atom. The molecule has 3 aromatic carbocycles. The minimum Gasteiger partial charge on any atom is -0.488 e. The van der Waals surface area contributed by atoms with Crippen molar-refractivity contribution in [3.63, 3.8) is 0 Å². The maximum Gasteiger partial charge on any atom is 0.404 e. The number of anilines is 1. The van der Waals surface area contributed by atoms with Gasteiger partial charge in [0.25, 0.3) is 0 Å². The van der Waals surface area contributed by atoms with E-state index in [9.17, 15) is 18.0 Å². The predicted octanol–water partition coefficient (Wildman–Crippen LogP) is 5.66. The van der Waals surface area contributed by atoms with E-state index < -0.39 is 27.4 Å². The van der Waals surface area contributed by atoms with Crippen molar-refractivity contribution in [2.75, 3.05) is 25.0 Å². The first kappa shape index (κ1) is 39.1. The van der Waals surface area contributed by atoms with E-state index in [1.54, 1.807) is 24.3 Å². The third kappa shape index (κ3) is 8.10. The summed E-state index contributed by atoms with van der Waals surface area (Å²) >= 11 is 0. The summed E-state index contributed by atoms with van der Waals surface area (Å²) in [5.74, 6) is -0.489. The number of hydrogen-bond acceptors (Lipinski definition) is 10. The Bertz CT molecular complexity index is 2310. The third-order valence-corrected chi connectivity index (χ3v) is 11.9. The van der Waals surface area contributed by atoms with Gasteiger partial charge in [-0.25, -0.2) is 27.9 Å². The van der Waals surface area contributed by atoms with Crippen molar-refractivity contribution in [2.45, 2.75) is 78.0 Å². The van der Waals surface area contributed by atoms with E-state index in [0.717, 1.165) is 38.9 Å². The lowest BCUT2D eigenvalue weighted by Crippen LogP contribution is -2.38. The van der Waals surface area contributed by atoms with Crippen LogP contribution in [0.5, 0.6) is 11.8 Å². The van der Waals surface area contributed by atoms with Crippen LogP contribution < -0.4 is 20.1 Å². The quantitative estimate of drug-likeness (QED) is 0.125. The van der Waals surface area contributed by atoms with Crippen LogP contribution >= 0.6 is 0 Å². The Hall–Kier alpha value is -5.61. The summed E-state index contributed by atoms with van der Waals surface area (Å²) in [5.41, 5.74) is 5.13. The zero-order valence-corrected chi connectivity index (χ0v) is 32.6. The molecule has 3 heterocycles. The average Bonchev–Trinajstić information content (AvgIpc) is 3.55. The molecule has 0 saturated carbocycles. The van der Waals surface area contributed by atoms with E-state index in [1.807, 2.05) is 76.6 Å². The molecule has 2 atom stereocenters. The minimum absolute atomic E-state index is 0.0327. The standard InChI is InChI=1S/C39H46N8O7S/c1-7-29-23-46(55(51,52)33-12-10-9-11-32(33)54-29)22-27-19-26(14-13-24(27)3)34(30-15-16-31-35(25(30)4)44-45-47(31)8-2)39(5,6)36(48)43-28-20-41-37(42-21-28)53-18-17-40-38(49)50/h9-16,19-21,29,34,40H,7-8,17-18,22-23H2,1-6H3,(H,43,48)(H,49,50)/t29-,34?/m1/s1. The van der Waals surface area contributed by atoms with Crippen LogP contribution in [-0.4, -0.2) is 80.6 Å². The zero-order chi connectivity index (χ0) is 39.5. The number of ether oxygens (including phenoxy) is 2. The number of benzene rings is 3. The number of fused-ring (bicyclic) bond motifs is 2. The smallest absolute Gasteiger partial charge is 0.404 e. The molecule has 1 aliphatic heterocycles. The number of hydrogen-bond donors (Lipinski definition) is 3. The normalized spacial score (nSPS) is 16.1. The number of sulfonamides is 1. The van der Waals surface area contributed by atoms with Crippen LogP contribution in [0.25, 0.3) is 11.0 Å². The molecule has 1 unspecified atom stereocenters. The molecule has 15 nitrogen and oxygen atoms in total. The molecule has 3 N–H and O–H groups in total. The van der Waals surface area contributed by atoms with Gasteiger partial charge in [0.1, 0.15) is 28.9 Å². The fraction of sp³-hybridized carbons (Fsp3) is 0.385. The minimum atomic E-state index is -3.90. The summed E-state index contributed by atoms with van der Waals surface area (Å²) in [4.78, 5) is 33.6. The lowest BCUT2D eigenvalue weighted by atomic mass is 9.69. The second-order valence-electron chi connectivity index (χ2n) is 14.1. The van der Waals surface area contributed by atoms with Gasteiger partial charge >= 0.3 is 12.1 Å². The molecule has 0 aliphatic carbocycles. The molecule has 55 heavy (non-hydrogen) atoms. The van der Waals surface area contributed by atoms with Crippen molar-refractivity contribution >= 4 is 38.7 Å². The van der Waals surface area contributed by atoms with Crippen LogP contribution in [0.4, 0.5) is 10.5 Å². The molecule has 16 heteroatoms. The molecule has 0 saturated heterocycles. The number of nitrogens with one attached hydrogen (secondary N) is 2. The van der Waals surface area contributed by atoms with Gasteiger partial charge < -0.3 is 25.2 Å². The van der Waals surface area contributed by atoms with E-state index in [1.165, 1.54) is 16.7 Å². The average molecular weight is 771 g/mol. The number of carbonyl (C=O) groups excluding carboxylic acids is 1. The molecule has 0 spiro atoms. The summed E-state index contributed by atoms with van der Waals surface area (Å²) in [6, 6.07) is 16.7. The van der Waals surface area contributed by atoms with Crippen molar-refractivity contribution in [3.05, 3.63) is 94.8 Å². The first-order valence-corrected chi connectivity index (χ1v) is 19.6. The fourth-order valence-corrected chi connectivity index (χ4v) is 8.50. The van der Waals surface area contributed by atoms with Crippen LogP contribution in [0, 0.1) is 19.3 Å². The molecule has 2 amide bonds. The van der Waals surface area contributed by atoms with Gasteiger partial charge in [0.05, 0.1) is 42.1 Å². The Morgan fingerprint density at radius 1 is 1.07 bits per heavy atom. The first-order valence-electron chi connectivity index (χ1n) is 18.2.